The van der Waals surface area contributed by atoms with Crippen LogP contribution in [0.1, 0.15) is 26.2 Å². The summed E-state index contributed by atoms with van der Waals surface area (Å²) in [5, 5.41) is 1.10. The van der Waals surface area contributed by atoms with Gasteiger partial charge in [-0.3, -0.25) is 0 Å². The van der Waals surface area contributed by atoms with Gasteiger partial charge in [-0.25, -0.2) is 0 Å². The molecule has 0 aromatic heterocycles. The third kappa shape index (κ3) is 4.99. The Kier molecular flexibility index (Phi) is 6.00. The summed E-state index contributed by atoms with van der Waals surface area (Å²) in [5.41, 5.74) is 0. The molecule has 0 amide bonds. The highest BCUT2D eigenvalue weighted by molar-refractivity contribution is 9.09. The first kappa shape index (κ1) is 11.5. The van der Waals surface area contributed by atoms with Gasteiger partial charge in [0.25, 0.3) is 0 Å². The van der Waals surface area contributed by atoms with Gasteiger partial charge in [-0.15, -0.1) is 0 Å². The number of ether oxygens (including phenoxy) is 2. The van der Waals surface area contributed by atoms with Crippen LogP contribution in [0.3, 0.4) is 0 Å². The number of alkyl halides is 1. The molecule has 0 saturated carbocycles. The van der Waals surface area contributed by atoms with Crippen LogP contribution in [0.15, 0.2) is 0 Å². The minimum absolute atomic E-state index is 0.371. The zero-order chi connectivity index (χ0) is 9.52. The lowest BCUT2D eigenvalue weighted by Crippen LogP contribution is -2.14. The summed E-state index contributed by atoms with van der Waals surface area (Å²) in [4.78, 5) is 0. The summed E-state index contributed by atoms with van der Waals surface area (Å²) in [6.45, 7) is 4.84. The summed E-state index contributed by atoms with van der Waals surface area (Å²) < 4.78 is 10.9. The van der Waals surface area contributed by atoms with Gasteiger partial charge in [0, 0.05) is 18.5 Å². The van der Waals surface area contributed by atoms with Crippen LogP contribution in [0, 0.1) is 5.92 Å². The lowest BCUT2D eigenvalue weighted by Gasteiger charge is -2.12. The van der Waals surface area contributed by atoms with Gasteiger partial charge < -0.3 is 9.47 Å². The zero-order valence-corrected chi connectivity index (χ0v) is 9.88. The van der Waals surface area contributed by atoms with Gasteiger partial charge in [0.2, 0.25) is 0 Å². The van der Waals surface area contributed by atoms with E-state index in [-0.39, 0.29) is 0 Å². The molecule has 2 nitrogen and oxygen atoms in total. The summed E-state index contributed by atoms with van der Waals surface area (Å²) in [6.07, 6.45) is 3.86. The molecule has 13 heavy (non-hydrogen) atoms. The number of hydrogen-bond donors (Lipinski definition) is 0. The molecule has 2 unspecified atom stereocenters. The molecule has 1 rings (SSSR count). The molecular formula is C10H19BrO2. The van der Waals surface area contributed by atoms with Crippen LogP contribution in [0.2, 0.25) is 0 Å². The summed E-state index contributed by atoms with van der Waals surface area (Å²) in [7, 11) is 0. The highest BCUT2D eigenvalue weighted by atomic mass is 79.9. The molecule has 0 aliphatic carbocycles. The molecule has 0 bridgehead atoms. The van der Waals surface area contributed by atoms with Gasteiger partial charge in [-0.1, -0.05) is 22.9 Å². The van der Waals surface area contributed by atoms with Gasteiger partial charge in [0.05, 0.1) is 12.7 Å². The van der Waals surface area contributed by atoms with Crippen LogP contribution >= 0.6 is 15.9 Å². The third-order valence-electron chi connectivity index (χ3n) is 2.45. The molecule has 1 aliphatic rings. The fourth-order valence-corrected chi connectivity index (χ4v) is 2.19. The zero-order valence-electron chi connectivity index (χ0n) is 8.30. The lowest BCUT2D eigenvalue weighted by atomic mass is 10.1. The van der Waals surface area contributed by atoms with Crippen molar-refractivity contribution < 1.29 is 9.47 Å². The second-order valence-electron chi connectivity index (χ2n) is 3.73. The van der Waals surface area contributed by atoms with Gasteiger partial charge >= 0.3 is 0 Å². The Labute approximate surface area is 89.1 Å². The van der Waals surface area contributed by atoms with Crippen molar-refractivity contribution in [1.82, 2.24) is 0 Å². The molecule has 0 N–H and O–H groups in total. The van der Waals surface area contributed by atoms with Crippen LogP contribution in [-0.2, 0) is 9.47 Å². The van der Waals surface area contributed by atoms with Crippen LogP contribution < -0.4 is 0 Å². The molecule has 1 aliphatic heterocycles. The van der Waals surface area contributed by atoms with Gasteiger partial charge in [0.1, 0.15) is 0 Å². The fraction of sp³-hybridized carbons (Fsp3) is 1.00. The van der Waals surface area contributed by atoms with Crippen molar-refractivity contribution in [2.45, 2.75) is 32.3 Å². The Balaban J connectivity index is 1.93. The molecule has 78 valence electrons. The number of halogens is 1. The number of hydrogen-bond acceptors (Lipinski definition) is 2. The Bertz CT molecular complexity index is 124. The molecule has 1 fully saturated rings. The average molecular weight is 251 g/mol. The second-order valence-corrected chi connectivity index (χ2v) is 4.52. The van der Waals surface area contributed by atoms with Crippen molar-refractivity contribution in [2.75, 3.05) is 25.2 Å². The van der Waals surface area contributed by atoms with Gasteiger partial charge in [-0.2, -0.15) is 0 Å². The summed E-state index contributed by atoms with van der Waals surface area (Å²) in [6, 6.07) is 0. The maximum Gasteiger partial charge on any atom is 0.0830 e. The lowest BCUT2D eigenvalue weighted by molar-refractivity contribution is 0.0362. The molecule has 2 atom stereocenters. The molecule has 3 heteroatoms. The number of rotatable bonds is 6. The third-order valence-corrected chi connectivity index (χ3v) is 2.91. The first-order valence-electron chi connectivity index (χ1n) is 5.08. The van der Waals surface area contributed by atoms with E-state index in [1.807, 2.05) is 0 Å². The Morgan fingerprint density at radius 1 is 1.54 bits per heavy atom. The van der Waals surface area contributed by atoms with Crippen LogP contribution in [-0.4, -0.2) is 31.3 Å². The molecule has 0 spiro atoms. The van der Waals surface area contributed by atoms with Gasteiger partial charge in [-0.05, 0) is 25.2 Å². The molecule has 0 aromatic rings. The van der Waals surface area contributed by atoms with E-state index in [0.29, 0.717) is 6.10 Å². The van der Waals surface area contributed by atoms with E-state index in [0.717, 1.165) is 37.5 Å². The summed E-state index contributed by atoms with van der Waals surface area (Å²) >= 11 is 3.45. The first-order valence-corrected chi connectivity index (χ1v) is 6.20. The van der Waals surface area contributed by atoms with Crippen molar-refractivity contribution >= 4 is 15.9 Å². The molecule has 0 radical (unpaired) electrons. The van der Waals surface area contributed by atoms with Crippen molar-refractivity contribution in [3.05, 3.63) is 0 Å². The van der Waals surface area contributed by atoms with Gasteiger partial charge in [0.15, 0.2) is 0 Å². The van der Waals surface area contributed by atoms with E-state index >= 15 is 0 Å². The van der Waals surface area contributed by atoms with E-state index in [2.05, 4.69) is 22.9 Å². The van der Waals surface area contributed by atoms with Crippen LogP contribution in [0.4, 0.5) is 0 Å². The Hall–Kier alpha value is 0.400. The SMILES string of the molecule is CC(CCBr)CCOC1CCOC1. The van der Waals surface area contributed by atoms with E-state index in [1.54, 1.807) is 0 Å². The predicted molar refractivity (Wildman–Crippen MR) is 57.4 cm³/mol. The van der Waals surface area contributed by atoms with E-state index in [4.69, 9.17) is 9.47 Å². The smallest absolute Gasteiger partial charge is 0.0830 e. The monoisotopic (exact) mass is 250 g/mol. The van der Waals surface area contributed by atoms with Crippen molar-refractivity contribution in [2.24, 2.45) is 5.92 Å². The Morgan fingerprint density at radius 3 is 3.00 bits per heavy atom. The highest BCUT2D eigenvalue weighted by Gasteiger charge is 2.15. The van der Waals surface area contributed by atoms with Crippen LogP contribution in [0.5, 0.6) is 0 Å². The highest BCUT2D eigenvalue weighted by Crippen LogP contribution is 2.12. The quantitative estimate of drug-likeness (QED) is 0.675. The van der Waals surface area contributed by atoms with Crippen LogP contribution in [0.25, 0.3) is 0 Å². The minimum Gasteiger partial charge on any atom is -0.379 e. The summed E-state index contributed by atoms with van der Waals surface area (Å²) in [5.74, 6) is 0.765. The normalized spacial score (nSPS) is 24.9. The molecular weight excluding hydrogens is 232 g/mol. The van der Waals surface area contributed by atoms with Crippen molar-refractivity contribution in [1.29, 1.82) is 0 Å². The van der Waals surface area contributed by atoms with E-state index in [1.165, 1.54) is 12.8 Å². The largest absolute Gasteiger partial charge is 0.379 e. The van der Waals surface area contributed by atoms with Crippen molar-refractivity contribution in [3.63, 3.8) is 0 Å². The molecule has 1 saturated heterocycles. The minimum atomic E-state index is 0.371. The first-order chi connectivity index (χ1) is 6.33. The Morgan fingerprint density at radius 2 is 2.38 bits per heavy atom. The van der Waals surface area contributed by atoms with E-state index < -0.39 is 0 Å². The maximum atomic E-state index is 5.68. The molecule has 0 aromatic carbocycles. The fourth-order valence-electron chi connectivity index (χ4n) is 1.41. The maximum absolute atomic E-state index is 5.68. The average Bonchev–Trinajstić information content (AvgIpc) is 2.57. The molecule has 1 heterocycles. The standard InChI is InChI=1S/C10H19BrO2/c1-9(2-5-11)3-7-13-10-4-6-12-8-10/h9-10H,2-8H2,1H3. The predicted octanol–water partition coefficient (Wildman–Crippen LogP) is 2.60. The van der Waals surface area contributed by atoms with Crippen molar-refractivity contribution in [3.8, 4) is 0 Å². The second kappa shape index (κ2) is 6.80. The topological polar surface area (TPSA) is 18.5 Å². The van der Waals surface area contributed by atoms with E-state index in [9.17, 15) is 0 Å².